The average molecular weight is 275 g/mol. The highest BCUT2D eigenvalue weighted by atomic mass is 35.5. The van der Waals surface area contributed by atoms with E-state index in [0.717, 1.165) is 34.8 Å². The number of hydrogen-bond donors (Lipinski definition) is 0. The molecule has 19 heavy (non-hydrogen) atoms. The Morgan fingerprint density at radius 3 is 2.79 bits per heavy atom. The quantitative estimate of drug-likeness (QED) is 0.745. The summed E-state index contributed by atoms with van der Waals surface area (Å²) in [7, 11) is 0. The summed E-state index contributed by atoms with van der Waals surface area (Å²) >= 11 is 6.18. The third kappa shape index (κ3) is 2.19. The van der Waals surface area contributed by atoms with Gasteiger partial charge in [0.15, 0.2) is 0 Å². The number of aryl methyl sites for hydroxylation is 1. The monoisotopic (exact) mass is 274 g/mol. The molecule has 1 unspecified atom stereocenters. The van der Waals surface area contributed by atoms with Gasteiger partial charge in [0.05, 0.1) is 12.5 Å². The van der Waals surface area contributed by atoms with Crippen molar-refractivity contribution in [2.24, 2.45) is 0 Å². The summed E-state index contributed by atoms with van der Waals surface area (Å²) in [6.07, 6.45) is 0.885. The number of nitrogens with zero attached hydrogens (tertiary/aromatic N) is 2. The first-order valence-electron chi connectivity index (χ1n) is 6.39. The Bertz CT molecular complexity index is 604. The highest BCUT2D eigenvalue weighted by molar-refractivity contribution is 6.30. The molecule has 1 aliphatic rings. The maximum atomic E-state index is 6.18. The third-order valence-corrected chi connectivity index (χ3v) is 3.99. The van der Waals surface area contributed by atoms with Gasteiger partial charge in [-0.1, -0.05) is 29.8 Å². The van der Waals surface area contributed by atoms with Crippen molar-refractivity contribution in [3.05, 3.63) is 52.1 Å². The fourth-order valence-electron chi connectivity index (χ4n) is 2.38. The summed E-state index contributed by atoms with van der Waals surface area (Å²) in [5, 5.41) is 0.548. The molecule has 0 fully saturated rings. The average Bonchev–Trinajstić information content (AvgIpc) is 2.43. The van der Waals surface area contributed by atoms with Crippen LogP contribution in [0.1, 0.15) is 35.0 Å². The molecule has 0 bridgehead atoms. The number of hydrogen-bond acceptors (Lipinski definition) is 3. The van der Waals surface area contributed by atoms with Crippen LogP contribution in [0, 0.1) is 13.8 Å². The molecule has 3 nitrogen and oxygen atoms in total. The van der Waals surface area contributed by atoms with Crippen LogP contribution < -0.4 is 4.74 Å². The molecule has 2 aromatic rings. The van der Waals surface area contributed by atoms with E-state index in [9.17, 15) is 0 Å². The van der Waals surface area contributed by atoms with Crippen LogP contribution in [0.25, 0.3) is 0 Å². The fraction of sp³-hybridized carbons (Fsp3) is 0.333. The Morgan fingerprint density at radius 1 is 1.21 bits per heavy atom. The number of aromatic nitrogens is 2. The van der Waals surface area contributed by atoms with Gasteiger partial charge in [-0.25, -0.2) is 9.97 Å². The van der Waals surface area contributed by atoms with Crippen LogP contribution in [0.2, 0.25) is 5.15 Å². The van der Waals surface area contributed by atoms with Gasteiger partial charge in [-0.15, -0.1) is 0 Å². The summed E-state index contributed by atoms with van der Waals surface area (Å²) in [4.78, 5) is 9.06. The Morgan fingerprint density at radius 2 is 2.00 bits per heavy atom. The van der Waals surface area contributed by atoms with E-state index < -0.39 is 0 Å². The van der Waals surface area contributed by atoms with Gasteiger partial charge in [-0.05, 0) is 26.3 Å². The Labute approximate surface area is 117 Å². The lowest BCUT2D eigenvalue weighted by atomic mass is 9.92. The first-order chi connectivity index (χ1) is 9.16. The van der Waals surface area contributed by atoms with E-state index in [1.54, 1.807) is 0 Å². The van der Waals surface area contributed by atoms with Crippen LogP contribution in [-0.2, 0) is 0 Å². The Balaban J connectivity index is 2.09. The summed E-state index contributed by atoms with van der Waals surface area (Å²) in [6.45, 7) is 4.60. The van der Waals surface area contributed by atoms with Crippen molar-refractivity contribution < 1.29 is 4.74 Å². The third-order valence-electron chi connectivity index (χ3n) is 3.62. The van der Waals surface area contributed by atoms with Crippen molar-refractivity contribution in [1.82, 2.24) is 9.97 Å². The van der Waals surface area contributed by atoms with Gasteiger partial charge >= 0.3 is 0 Å². The lowest BCUT2D eigenvalue weighted by Gasteiger charge is -2.25. The van der Waals surface area contributed by atoms with Crippen molar-refractivity contribution >= 4 is 11.6 Å². The van der Waals surface area contributed by atoms with E-state index in [2.05, 4.69) is 16.0 Å². The minimum absolute atomic E-state index is 0.168. The molecule has 0 N–H and O–H groups in total. The predicted octanol–water partition coefficient (Wildman–Crippen LogP) is 3.66. The molecule has 1 aromatic heterocycles. The van der Waals surface area contributed by atoms with E-state index in [1.165, 1.54) is 0 Å². The summed E-state index contributed by atoms with van der Waals surface area (Å²) in [6, 6.07) is 8.06. The molecule has 1 aromatic carbocycles. The van der Waals surface area contributed by atoms with E-state index in [-0.39, 0.29) is 5.92 Å². The van der Waals surface area contributed by atoms with Crippen molar-refractivity contribution in [3.63, 3.8) is 0 Å². The van der Waals surface area contributed by atoms with Gasteiger partial charge in [0.2, 0.25) is 0 Å². The fourth-order valence-corrected chi connectivity index (χ4v) is 2.60. The molecule has 1 atom stereocenters. The topological polar surface area (TPSA) is 35.0 Å². The summed E-state index contributed by atoms with van der Waals surface area (Å²) in [5.74, 6) is 1.89. The number of ether oxygens (including phenoxy) is 1. The van der Waals surface area contributed by atoms with Gasteiger partial charge in [-0.3, -0.25) is 0 Å². The molecule has 0 amide bonds. The second-order valence-electron chi connectivity index (χ2n) is 4.81. The van der Waals surface area contributed by atoms with Crippen LogP contribution in [0.3, 0.4) is 0 Å². The highest BCUT2D eigenvalue weighted by Gasteiger charge is 2.25. The summed E-state index contributed by atoms with van der Waals surface area (Å²) < 4.78 is 5.67. The van der Waals surface area contributed by atoms with Crippen molar-refractivity contribution in [1.29, 1.82) is 0 Å². The van der Waals surface area contributed by atoms with E-state index in [0.29, 0.717) is 11.8 Å². The molecule has 1 aliphatic heterocycles. The van der Waals surface area contributed by atoms with Gasteiger partial charge in [0.1, 0.15) is 16.7 Å². The van der Waals surface area contributed by atoms with E-state index in [1.807, 2.05) is 32.0 Å². The van der Waals surface area contributed by atoms with Crippen molar-refractivity contribution in [2.75, 3.05) is 6.61 Å². The van der Waals surface area contributed by atoms with Crippen LogP contribution >= 0.6 is 11.6 Å². The molecule has 2 heterocycles. The number of rotatable bonds is 1. The molecule has 0 saturated carbocycles. The number of fused-ring (bicyclic) bond motifs is 1. The number of halogens is 1. The largest absolute Gasteiger partial charge is 0.493 e. The molecule has 0 aliphatic carbocycles. The molecule has 0 spiro atoms. The first-order valence-corrected chi connectivity index (χ1v) is 6.77. The molecular formula is C15H15ClN2O. The zero-order valence-electron chi connectivity index (χ0n) is 11.0. The van der Waals surface area contributed by atoms with Crippen LogP contribution in [0.5, 0.6) is 5.75 Å². The smallest absolute Gasteiger partial charge is 0.138 e. The van der Waals surface area contributed by atoms with Gasteiger partial charge < -0.3 is 4.74 Å². The van der Waals surface area contributed by atoms with Crippen LogP contribution in [-0.4, -0.2) is 16.6 Å². The first kappa shape index (κ1) is 12.4. The second-order valence-corrected chi connectivity index (χ2v) is 5.17. The molecule has 0 radical (unpaired) electrons. The Hall–Kier alpha value is -1.61. The molecule has 98 valence electrons. The summed E-state index contributed by atoms with van der Waals surface area (Å²) in [5.41, 5.74) is 3.04. The number of para-hydroxylation sites is 1. The normalized spacial score (nSPS) is 17.7. The lowest BCUT2D eigenvalue weighted by Crippen LogP contribution is -2.18. The van der Waals surface area contributed by atoms with E-state index >= 15 is 0 Å². The maximum Gasteiger partial charge on any atom is 0.138 e. The van der Waals surface area contributed by atoms with Crippen molar-refractivity contribution in [3.8, 4) is 5.75 Å². The van der Waals surface area contributed by atoms with Crippen LogP contribution in [0.15, 0.2) is 24.3 Å². The molecule has 3 rings (SSSR count). The maximum absolute atomic E-state index is 6.18. The lowest BCUT2D eigenvalue weighted by molar-refractivity contribution is 0.274. The number of benzene rings is 1. The molecular weight excluding hydrogens is 260 g/mol. The molecule has 4 heteroatoms. The Kier molecular flexibility index (Phi) is 3.15. The minimum atomic E-state index is 0.168. The van der Waals surface area contributed by atoms with Crippen LogP contribution in [0.4, 0.5) is 0 Å². The standard InChI is InChI=1S/C15H15ClN2O/c1-9-10(2)17-15(18-14(9)16)12-7-8-19-13-6-4-3-5-11(12)13/h3-6,12H,7-8H2,1-2H3. The second kappa shape index (κ2) is 4.82. The predicted molar refractivity (Wildman–Crippen MR) is 74.9 cm³/mol. The zero-order chi connectivity index (χ0) is 13.4. The minimum Gasteiger partial charge on any atom is -0.493 e. The van der Waals surface area contributed by atoms with Gasteiger partial charge in [0.25, 0.3) is 0 Å². The highest BCUT2D eigenvalue weighted by Crippen LogP contribution is 2.37. The van der Waals surface area contributed by atoms with Gasteiger partial charge in [0, 0.05) is 16.8 Å². The van der Waals surface area contributed by atoms with Gasteiger partial charge in [-0.2, -0.15) is 0 Å². The zero-order valence-corrected chi connectivity index (χ0v) is 11.7. The van der Waals surface area contributed by atoms with Crippen molar-refractivity contribution in [2.45, 2.75) is 26.2 Å². The van der Waals surface area contributed by atoms with E-state index in [4.69, 9.17) is 16.3 Å². The molecule has 0 saturated heterocycles. The SMILES string of the molecule is Cc1nc(C2CCOc3ccccc32)nc(Cl)c1C.